The van der Waals surface area contributed by atoms with Crippen molar-refractivity contribution in [3.8, 4) is 10.6 Å². The Morgan fingerprint density at radius 1 is 1.12 bits per heavy atom. The predicted molar refractivity (Wildman–Crippen MR) is 131 cm³/mol. The molecule has 4 rings (SSSR count). The van der Waals surface area contributed by atoms with Crippen LogP contribution in [0, 0.1) is 6.92 Å². The summed E-state index contributed by atoms with van der Waals surface area (Å²) in [4.78, 5) is 13.2. The van der Waals surface area contributed by atoms with Gasteiger partial charge in [0.1, 0.15) is 11.0 Å². The van der Waals surface area contributed by atoms with Gasteiger partial charge in [-0.2, -0.15) is 4.31 Å². The smallest absolute Gasteiger partial charge is 0.244 e. The monoisotopic (exact) mass is 484 g/mol. The van der Waals surface area contributed by atoms with Crippen LogP contribution in [0.1, 0.15) is 44.7 Å². The summed E-state index contributed by atoms with van der Waals surface area (Å²) in [6, 6.07) is 14.0. The first-order valence-corrected chi connectivity index (χ1v) is 13.2. The molecule has 0 saturated carbocycles. The largest absolute Gasteiger partial charge is 0.299 e. The van der Waals surface area contributed by atoms with E-state index in [4.69, 9.17) is 0 Å². The molecule has 1 aromatic heterocycles. The molecule has 1 fully saturated rings. The summed E-state index contributed by atoms with van der Waals surface area (Å²) in [5, 5.41) is 12.1. The Hall–Kier alpha value is -2.62. The number of sulfonamides is 1. The lowest BCUT2D eigenvalue weighted by Gasteiger charge is -2.24. The number of nitrogens with one attached hydrogen (secondary N) is 1. The van der Waals surface area contributed by atoms with Crippen molar-refractivity contribution in [2.24, 2.45) is 0 Å². The summed E-state index contributed by atoms with van der Waals surface area (Å²) < 4.78 is 27.9. The predicted octanol–water partition coefficient (Wildman–Crippen LogP) is 4.60. The van der Waals surface area contributed by atoms with Crippen molar-refractivity contribution >= 4 is 32.4 Å². The molecule has 0 spiro atoms. The van der Waals surface area contributed by atoms with E-state index in [1.165, 1.54) is 15.6 Å². The van der Waals surface area contributed by atoms with Crippen molar-refractivity contribution in [2.45, 2.75) is 56.9 Å². The van der Waals surface area contributed by atoms with Crippen LogP contribution in [0.2, 0.25) is 0 Å². The molecule has 1 unspecified atom stereocenters. The van der Waals surface area contributed by atoms with E-state index < -0.39 is 16.1 Å². The first-order valence-electron chi connectivity index (χ1n) is 10.9. The number of aromatic nitrogens is 2. The highest BCUT2D eigenvalue weighted by atomic mass is 32.2. The highest BCUT2D eigenvalue weighted by Crippen LogP contribution is 2.31. The zero-order valence-corrected chi connectivity index (χ0v) is 20.8. The summed E-state index contributed by atoms with van der Waals surface area (Å²) in [5.74, 6) is -0.380. The lowest BCUT2D eigenvalue weighted by Crippen LogP contribution is -2.43. The molecule has 3 aromatic rings. The number of anilines is 1. The number of nitrogens with zero attached hydrogens (tertiary/aromatic N) is 3. The van der Waals surface area contributed by atoms with Crippen molar-refractivity contribution in [3.05, 3.63) is 59.7 Å². The van der Waals surface area contributed by atoms with E-state index in [0.29, 0.717) is 29.5 Å². The number of benzene rings is 2. The summed E-state index contributed by atoms with van der Waals surface area (Å²) >= 11 is 1.27. The maximum absolute atomic E-state index is 13.3. The van der Waals surface area contributed by atoms with Gasteiger partial charge in [0.05, 0.1) is 4.90 Å². The van der Waals surface area contributed by atoms with Gasteiger partial charge in [-0.1, -0.05) is 68.0 Å². The molecule has 1 amide bonds. The molecule has 1 saturated heterocycles. The van der Waals surface area contributed by atoms with Crippen LogP contribution >= 0.6 is 11.3 Å². The molecule has 0 aliphatic carbocycles. The SMILES string of the molecule is Cc1cccc(-c2nnc(NC(=O)C3CCCN3S(=O)(=O)c3ccc(C(C)(C)C)cc3)s2)c1. The van der Waals surface area contributed by atoms with Crippen LogP contribution in [-0.4, -0.2) is 41.4 Å². The third kappa shape index (κ3) is 5.00. The Bertz CT molecular complexity index is 1260. The van der Waals surface area contributed by atoms with Crippen molar-refractivity contribution in [3.63, 3.8) is 0 Å². The first kappa shape index (κ1) is 23.5. The second kappa shape index (κ2) is 8.96. The fourth-order valence-corrected chi connectivity index (χ4v) is 6.31. The molecule has 7 nitrogen and oxygen atoms in total. The Kier molecular flexibility index (Phi) is 6.39. The van der Waals surface area contributed by atoms with E-state index in [2.05, 4.69) is 36.3 Å². The van der Waals surface area contributed by atoms with Gasteiger partial charge < -0.3 is 0 Å². The number of amides is 1. The fraction of sp³-hybridized carbons (Fsp3) is 0.375. The Morgan fingerprint density at radius 2 is 1.85 bits per heavy atom. The number of carbonyl (C=O) groups excluding carboxylic acids is 1. The molecular weight excluding hydrogens is 456 g/mol. The van der Waals surface area contributed by atoms with Crippen molar-refractivity contribution in [1.82, 2.24) is 14.5 Å². The van der Waals surface area contributed by atoms with Gasteiger partial charge in [-0.05, 0) is 48.9 Å². The summed E-state index contributed by atoms with van der Waals surface area (Å²) in [5.41, 5.74) is 3.02. The van der Waals surface area contributed by atoms with Crippen LogP contribution < -0.4 is 5.32 Å². The summed E-state index contributed by atoms with van der Waals surface area (Å²) in [6.07, 6.45) is 1.09. The molecular formula is C24H28N4O3S2. The Labute approximate surface area is 198 Å². The Morgan fingerprint density at radius 3 is 2.52 bits per heavy atom. The van der Waals surface area contributed by atoms with Crippen molar-refractivity contribution < 1.29 is 13.2 Å². The number of carbonyl (C=O) groups is 1. The van der Waals surface area contributed by atoms with E-state index in [0.717, 1.165) is 16.7 Å². The third-order valence-electron chi connectivity index (χ3n) is 5.75. The van der Waals surface area contributed by atoms with Gasteiger partial charge in [-0.3, -0.25) is 10.1 Å². The van der Waals surface area contributed by atoms with Gasteiger partial charge in [0, 0.05) is 12.1 Å². The van der Waals surface area contributed by atoms with Crippen molar-refractivity contribution in [1.29, 1.82) is 0 Å². The van der Waals surface area contributed by atoms with Crippen LogP contribution in [0.3, 0.4) is 0 Å². The van der Waals surface area contributed by atoms with Crippen molar-refractivity contribution in [2.75, 3.05) is 11.9 Å². The average Bonchev–Trinajstić information content (AvgIpc) is 3.43. The second-order valence-corrected chi connectivity index (χ2v) is 12.2. The second-order valence-electron chi connectivity index (χ2n) is 9.32. The lowest BCUT2D eigenvalue weighted by molar-refractivity contribution is -0.119. The van der Waals surface area contributed by atoms with E-state index in [-0.39, 0.29) is 16.2 Å². The minimum absolute atomic E-state index is 0.0720. The van der Waals surface area contributed by atoms with Gasteiger partial charge >= 0.3 is 0 Å². The number of rotatable bonds is 5. The van der Waals surface area contributed by atoms with E-state index >= 15 is 0 Å². The Balaban J connectivity index is 1.50. The zero-order valence-electron chi connectivity index (χ0n) is 19.2. The molecule has 1 aliphatic rings. The topological polar surface area (TPSA) is 92.3 Å². The normalized spacial score (nSPS) is 17.3. The average molecular weight is 485 g/mol. The zero-order chi connectivity index (χ0) is 23.8. The molecule has 1 aliphatic heterocycles. The third-order valence-corrected chi connectivity index (χ3v) is 8.56. The van der Waals surface area contributed by atoms with E-state index in [1.54, 1.807) is 12.1 Å². The molecule has 0 radical (unpaired) electrons. The standard InChI is InChI=1S/C24H28N4O3S2/c1-16-7-5-8-17(15-16)22-26-27-23(32-22)25-21(29)20-9-6-14-28(20)33(30,31)19-12-10-18(11-13-19)24(2,3)4/h5,7-8,10-13,15,20H,6,9,14H2,1-4H3,(H,25,27,29). The molecule has 0 bridgehead atoms. The first-order chi connectivity index (χ1) is 15.6. The van der Waals surface area contributed by atoms with Crippen LogP contribution in [0.25, 0.3) is 10.6 Å². The molecule has 1 N–H and O–H groups in total. The quantitative estimate of drug-likeness (QED) is 0.571. The summed E-state index contributed by atoms with van der Waals surface area (Å²) in [7, 11) is -3.79. The fourth-order valence-electron chi connectivity index (χ4n) is 3.91. The maximum atomic E-state index is 13.3. The highest BCUT2D eigenvalue weighted by molar-refractivity contribution is 7.89. The summed E-state index contributed by atoms with van der Waals surface area (Å²) in [6.45, 7) is 8.55. The van der Waals surface area contributed by atoms with Crippen LogP contribution in [0.15, 0.2) is 53.4 Å². The highest BCUT2D eigenvalue weighted by Gasteiger charge is 2.39. The molecule has 9 heteroatoms. The molecule has 1 atom stereocenters. The van der Waals surface area contributed by atoms with Gasteiger partial charge in [0.15, 0.2) is 0 Å². The minimum Gasteiger partial charge on any atom is -0.299 e. The van der Waals surface area contributed by atoms with E-state index in [1.807, 2.05) is 43.3 Å². The maximum Gasteiger partial charge on any atom is 0.244 e. The number of aryl methyl sites for hydroxylation is 1. The van der Waals surface area contributed by atoms with Gasteiger partial charge in [-0.25, -0.2) is 8.42 Å². The lowest BCUT2D eigenvalue weighted by atomic mass is 9.87. The van der Waals surface area contributed by atoms with Gasteiger partial charge in [0.25, 0.3) is 0 Å². The van der Waals surface area contributed by atoms with Gasteiger partial charge in [-0.15, -0.1) is 10.2 Å². The molecule has 33 heavy (non-hydrogen) atoms. The van der Waals surface area contributed by atoms with Gasteiger partial charge in [0.2, 0.25) is 21.1 Å². The molecule has 2 aromatic carbocycles. The molecule has 174 valence electrons. The van der Waals surface area contributed by atoms with E-state index in [9.17, 15) is 13.2 Å². The van der Waals surface area contributed by atoms with Crippen LogP contribution in [0.4, 0.5) is 5.13 Å². The van der Waals surface area contributed by atoms with Crippen LogP contribution in [0.5, 0.6) is 0 Å². The number of hydrogen-bond donors (Lipinski definition) is 1. The van der Waals surface area contributed by atoms with Crippen LogP contribution in [-0.2, 0) is 20.2 Å². The molecule has 2 heterocycles. The minimum atomic E-state index is -3.79. The number of hydrogen-bond acceptors (Lipinski definition) is 6.